The van der Waals surface area contributed by atoms with Crippen LogP contribution >= 0.6 is 11.6 Å². The van der Waals surface area contributed by atoms with E-state index in [1.54, 1.807) is 17.1 Å². The van der Waals surface area contributed by atoms with E-state index in [0.717, 1.165) is 44.2 Å². The number of aryl methyl sites for hydroxylation is 1. The van der Waals surface area contributed by atoms with Crippen molar-refractivity contribution in [1.29, 1.82) is 0 Å². The van der Waals surface area contributed by atoms with Gasteiger partial charge in [0.05, 0.1) is 24.7 Å². The first-order chi connectivity index (χ1) is 12.8. The van der Waals surface area contributed by atoms with Crippen LogP contribution in [0.25, 0.3) is 0 Å². The molecule has 4 heterocycles. The Bertz CT molecular complexity index is 823. The number of aromatic nitrogens is 4. The highest BCUT2D eigenvalue weighted by Gasteiger charge is 2.57. The van der Waals surface area contributed by atoms with Crippen molar-refractivity contribution in [3.63, 3.8) is 0 Å². The summed E-state index contributed by atoms with van der Waals surface area (Å²) in [5, 5.41) is 17.2. The van der Waals surface area contributed by atoms with Crippen LogP contribution in [0.2, 0.25) is 5.02 Å². The molecule has 2 N–H and O–H groups in total. The molecule has 0 aliphatic carbocycles. The summed E-state index contributed by atoms with van der Waals surface area (Å²) in [6, 6.07) is 0. The molecule has 2 atom stereocenters. The molecule has 146 valence electrons. The van der Waals surface area contributed by atoms with Gasteiger partial charge in [-0.1, -0.05) is 25.4 Å². The first-order valence-corrected chi connectivity index (χ1v) is 9.56. The number of aliphatic hydroxyl groups is 1. The maximum atomic E-state index is 9.28. The molecule has 2 aromatic heterocycles. The molecule has 9 heteroatoms. The van der Waals surface area contributed by atoms with E-state index in [0.29, 0.717) is 11.0 Å². The number of aliphatic hydroxyl groups excluding tert-OH is 1. The van der Waals surface area contributed by atoms with Crippen LogP contribution < -0.4 is 10.2 Å². The lowest BCUT2D eigenvalue weighted by Gasteiger charge is -2.30. The highest BCUT2D eigenvalue weighted by molar-refractivity contribution is 6.32. The van der Waals surface area contributed by atoms with E-state index in [2.05, 4.69) is 44.0 Å². The molecule has 4 rings (SSSR count). The zero-order valence-electron chi connectivity index (χ0n) is 16.0. The largest absolute Gasteiger partial charge is 0.395 e. The Balaban J connectivity index is 1.55. The number of hydrogen-bond acceptors (Lipinski definition) is 7. The maximum absolute atomic E-state index is 9.28. The number of rotatable bonds is 5. The standard InChI is InChI=1S/C18H26ClN7O/c1-17-9-25(4-5-27)10-18(17,2)12-26(11-17)15-14(19)7-20-16(23-15)22-13-6-21-24(3)8-13/h6-8,27H,4-5,9-12H2,1-3H3,(H,20,22,23). The first-order valence-electron chi connectivity index (χ1n) is 9.18. The number of nitrogens with one attached hydrogen (secondary N) is 1. The fraction of sp³-hybridized carbons (Fsp3) is 0.611. The minimum absolute atomic E-state index is 0.132. The van der Waals surface area contributed by atoms with Crippen molar-refractivity contribution in [3.05, 3.63) is 23.6 Å². The van der Waals surface area contributed by atoms with Crippen molar-refractivity contribution in [1.82, 2.24) is 24.6 Å². The van der Waals surface area contributed by atoms with Crippen LogP contribution in [0.1, 0.15) is 13.8 Å². The molecule has 8 nitrogen and oxygen atoms in total. The van der Waals surface area contributed by atoms with Gasteiger partial charge in [0.15, 0.2) is 5.82 Å². The van der Waals surface area contributed by atoms with Gasteiger partial charge < -0.3 is 15.3 Å². The van der Waals surface area contributed by atoms with Gasteiger partial charge in [0.1, 0.15) is 5.02 Å². The number of nitrogens with zero attached hydrogens (tertiary/aromatic N) is 6. The van der Waals surface area contributed by atoms with E-state index in [4.69, 9.17) is 11.6 Å². The van der Waals surface area contributed by atoms with Gasteiger partial charge in [-0.3, -0.25) is 9.58 Å². The highest BCUT2D eigenvalue weighted by Crippen LogP contribution is 2.52. The average molecular weight is 392 g/mol. The molecule has 0 saturated carbocycles. The Morgan fingerprint density at radius 3 is 2.48 bits per heavy atom. The monoisotopic (exact) mass is 391 g/mol. The molecule has 2 saturated heterocycles. The fourth-order valence-corrected chi connectivity index (χ4v) is 4.72. The molecule has 2 aliphatic rings. The zero-order chi connectivity index (χ0) is 19.2. The Labute approximate surface area is 164 Å². The van der Waals surface area contributed by atoms with Gasteiger partial charge in [-0.15, -0.1) is 0 Å². The van der Waals surface area contributed by atoms with Crippen LogP contribution in [0, 0.1) is 10.8 Å². The highest BCUT2D eigenvalue weighted by atomic mass is 35.5. The molecule has 2 aromatic rings. The Kier molecular flexibility index (Phi) is 4.52. The summed E-state index contributed by atoms with van der Waals surface area (Å²) in [6.45, 7) is 9.31. The van der Waals surface area contributed by atoms with Gasteiger partial charge in [0, 0.05) is 56.8 Å². The predicted octanol–water partition coefficient (Wildman–Crippen LogP) is 1.75. The molecule has 0 spiro atoms. The van der Waals surface area contributed by atoms with E-state index in [1.165, 1.54) is 0 Å². The van der Waals surface area contributed by atoms with Gasteiger partial charge in [0.25, 0.3) is 0 Å². The lowest BCUT2D eigenvalue weighted by atomic mass is 9.71. The van der Waals surface area contributed by atoms with Gasteiger partial charge in [-0.05, 0) is 0 Å². The molecule has 27 heavy (non-hydrogen) atoms. The van der Waals surface area contributed by atoms with E-state index in [1.807, 2.05) is 13.2 Å². The zero-order valence-corrected chi connectivity index (χ0v) is 16.7. The molecular formula is C18H26ClN7O. The summed E-state index contributed by atoms with van der Waals surface area (Å²) < 4.78 is 1.72. The normalized spacial score (nSPS) is 28.0. The number of anilines is 3. The van der Waals surface area contributed by atoms with Crippen molar-refractivity contribution in [2.45, 2.75) is 13.8 Å². The molecule has 0 radical (unpaired) electrons. The van der Waals surface area contributed by atoms with E-state index < -0.39 is 0 Å². The number of fused-ring (bicyclic) bond motifs is 1. The minimum atomic E-state index is 0.132. The van der Waals surface area contributed by atoms with Crippen LogP contribution in [0.15, 0.2) is 18.6 Å². The Morgan fingerprint density at radius 2 is 1.89 bits per heavy atom. The molecule has 2 fully saturated rings. The van der Waals surface area contributed by atoms with Crippen LogP contribution in [0.5, 0.6) is 0 Å². The maximum Gasteiger partial charge on any atom is 0.229 e. The van der Waals surface area contributed by atoms with Crippen molar-refractivity contribution in [3.8, 4) is 0 Å². The number of halogens is 1. The second-order valence-electron chi connectivity index (χ2n) is 8.30. The van der Waals surface area contributed by atoms with E-state index in [-0.39, 0.29) is 17.4 Å². The second kappa shape index (κ2) is 6.61. The van der Waals surface area contributed by atoms with Crippen LogP contribution in [-0.2, 0) is 7.05 Å². The van der Waals surface area contributed by atoms with Gasteiger partial charge in [-0.2, -0.15) is 10.1 Å². The van der Waals surface area contributed by atoms with Gasteiger partial charge in [0.2, 0.25) is 5.95 Å². The third-order valence-electron chi connectivity index (χ3n) is 6.08. The van der Waals surface area contributed by atoms with Crippen molar-refractivity contribution < 1.29 is 5.11 Å². The SMILES string of the molecule is Cn1cc(Nc2ncc(Cl)c(N3CC4(C)CN(CCO)CC4(C)C3)n2)cn1. The molecule has 2 unspecified atom stereocenters. The summed E-state index contributed by atoms with van der Waals surface area (Å²) in [4.78, 5) is 13.6. The lowest BCUT2D eigenvalue weighted by Crippen LogP contribution is -2.34. The molecule has 2 aliphatic heterocycles. The van der Waals surface area contributed by atoms with Gasteiger partial charge in [-0.25, -0.2) is 4.98 Å². The summed E-state index contributed by atoms with van der Waals surface area (Å²) in [5.41, 5.74) is 1.10. The predicted molar refractivity (Wildman–Crippen MR) is 105 cm³/mol. The molecule has 0 aromatic carbocycles. The fourth-order valence-electron chi connectivity index (χ4n) is 4.51. The van der Waals surface area contributed by atoms with Crippen molar-refractivity contribution >= 4 is 29.1 Å². The third-order valence-corrected chi connectivity index (χ3v) is 6.35. The van der Waals surface area contributed by atoms with Crippen LogP contribution in [-0.4, -0.2) is 69.1 Å². The van der Waals surface area contributed by atoms with Gasteiger partial charge >= 0.3 is 0 Å². The van der Waals surface area contributed by atoms with Crippen LogP contribution in [0.4, 0.5) is 17.5 Å². The smallest absolute Gasteiger partial charge is 0.229 e. The minimum Gasteiger partial charge on any atom is -0.395 e. The quantitative estimate of drug-likeness (QED) is 0.803. The van der Waals surface area contributed by atoms with Crippen molar-refractivity contribution in [2.24, 2.45) is 17.9 Å². The third kappa shape index (κ3) is 3.26. The summed E-state index contributed by atoms with van der Waals surface area (Å²) in [7, 11) is 1.86. The molecule has 0 bridgehead atoms. The summed E-state index contributed by atoms with van der Waals surface area (Å²) in [5.74, 6) is 1.28. The van der Waals surface area contributed by atoms with E-state index >= 15 is 0 Å². The summed E-state index contributed by atoms with van der Waals surface area (Å²) >= 11 is 6.45. The molecule has 0 amide bonds. The van der Waals surface area contributed by atoms with Crippen molar-refractivity contribution in [2.75, 3.05) is 49.5 Å². The first kappa shape index (κ1) is 18.5. The number of likely N-dealkylation sites (tertiary alicyclic amines) is 1. The Hall–Kier alpha value is -1.90. The topological polar surface area (TPSA) is 82.3 Å². The molecular weight excluding hydrogens is 366 g/mol. The second-order valence-corrected chi connectivity index (χ2v) is 8.71. The average Bonchev–Trinajstić information content (AvgIpc) is 3.17. The lowest BCUT2D eigenvalue weighted by molar-refractivity contribution is 0.206. The van der Waals surface area contributed by atoms with E-state index in [9.17, 15) is 5.11 Å². The summed E-state index contributed by atoms with van der Waals surface area (Å²) in [6.07, 6.45) is 5.25. The number of hydrogen-bond donors (Lipinski definition) is 2. The number of β-amino-alcohol motifs (C(OH)–C–C–N with tert-alkyl or cyclic N) is 1. The van der Waals surface area contributed by atoms with Crippen LogP contribution in [0.3, 0.4) is 0 Å². The Morgan fingerprint density at radius 1 is 1.19 bits per heavy atom.